The fourth-order valence-electron chi connectivity index (χ4n) is 3.23. The number of hydrogen-bond acceptors (Lipinski definition) is 5. The summed E-state index contributed by atoms with van der Waals surface area (Å²) < 4.78 is 5.29. The van der Waals surface area contributed by atoms with Crippen LogP contribution >= 0.6 is 11.6 Å². The van der Waals surface area contributed by atoms with Crippen LogP contribution in [0.4, 0.5) is 11.4 Å². The topological polar surface area (TPSA) is 61.6 Å². The molecular weight excluding hydrogens is 376 g/mol. The van der Waals surface area contributed by atoms with Crippen molar-refractivity contribution in [3.63, 3.8) is 0 Å². The summed E-state index contributed by atoms with van der Waals surface area (Å²) in [7, 11) is 0. The van der Waals surface area contributed by atoms with E-state index < -0.39 is 0 Å². The van der Waals surface area contributed by atoms with Gasteiger partial charge in [0.25, 0.3) is 5.91 Å². The second-order valence-electron chi connectivity index (χ2n) is 6.62. The summed E-state index contributed by atoms with van der Waals surface area (Å²) in [6.45, 7) is 3.44. The summed E-state index contributed by atoms with van der Waals surface area (Å²) in [5, 5.41) is 3.95. The molecule has 1 aliphatic rings. The normalized spacial score (nSPS) is 14.2. The van der Waals surface area contributed by atoms with Crippen molar-refractivity contribution in [1.29, 1.82) is 0 Å². The first-order chi connectivity index (χ1) is 13.7. The lowest BCUT2D eigenvalue weighted by Gasteiger charge is -2.36. The highest BCUT2D eigenvalue weighted by atomic mass is 35.5. The van der Waals surface area contributed by atoms with Crippen molar-refractivity contribution in [1.82, 2.24) is 9.88 Å². The first-order valence-corrected chi connectivity index (χ1v) is 9.59. The minimum atomic E-state index is -0.0386. The van der Waals surface area contributed by atoms with Crippen LogP contribution in [0.25, 0.3) is 0 Å². The number of amides is 1. The van der Waals surface area contributed by atoms with Crippen LogP contribution in [0.15, 0.2) is 65.4 Å². The highest BCUT2D eigenvalue weighted by molar-refractivity contribution is 6.30. The Kier molecular flexibility index (Phi) is 5.48. The molecule has 1 saturated heterocycles. The number of furan rings is 1. The largest absolute Gasteiger partial charge is 0.467 e. The maximum absolute atomic E-state index is 12.7. The van der Waals surface area contributed by atoms with E-state index in [0.29, 0.717) is 25.3 Å². The molecule has 0 unspecified atom stereocenters. The average Bonchev–Trinajstić information content (AvgIpc) is 3.26. The van der Waals surface area contributed by atoms with Gasteiger partial charge in [0.1, 0.15) is 11.5 Å². The van der Waals surface area contributed by atoms with E-state index in [0.717, 1.165) is 35.2 Å². The quantitative estimate of drug-likeness (QED) is 0.708. The van der Waals surface area contributed by atoms with Crippen LogP contribution in [0.3, 0.4) is 0 Å². The van der Waals surface area contributed by atoms with E-state index in [9.17, 15) is 4.79 Å². The van der Waals surface area contributed by atoms with Crippen LogP contribution in [0, 0.1) is 0 Å². The van der Waals surface area contributed by atoms with Gasteiger partial charge >= 0.3 is 0 Å². The molecule has 0 radical (unpaired) electrons. The van der Waals surface area contributed by atoms with Gasteiger partial charge in [-0.2, -0.15) is 0 Å². The molecule has 28 heavy (non-hydrogen) atoms. The molecule has 1 aromatic carbocycles. The zero-order valence-electron chi connectivity index (χ0n) is 15.3. The number of nitrogens with one attached hydrogen (secondary N) is 1. The first-order valence-electron chi connectivity index (χ1n) is 9.21. The van der Waals surface area contributed by atoms with Crippen LogP contribution in [0.1, 0.15) is 16.2 Å². The zero-order valence-corrected chi connectivity index (χ0v) is 16.1. The number of rotatable bonds is 5. The van der Waals surface area contributed by atoms with Crippen molar-refractivity contribution in [2.24, 2.45) is 0 Å². The molecule has 6 nitrogen and oxygen atoms in total. The number of carbonyl (C=O) groups excluding carboxylic acids is 1. The Morgan fingerprint density at radius 3 is 2.64 bits per heavy atom. The number of hydrogen-bond donors (Lipinski definition) is 1. The first kappa shape index (κ1) is 18.4. The van der Waals surface area contributed by atoms with Crippen LogP contribution in [0.5, 0.6) is 0 Å². The van der Waals surface area contributed by atoms with Crippen LogP contribution in [0.2, 0.25) is 5.02 Å². The van der Waals surface area contributed by atoms with E-state index in [1.807, 2.05) is 47.4 Å². The molecule has 4 rings (SSSR count). The van der Waals surface area contributed by atoms with Crippen molar-refractivity contribution in [3.05, 3.63) is 77.5 Å². The Bertz CT molecular complexity index is 920. The van der Waals surface area contributed by atoms with Gasteiger partial charge in [0.05, 0.1) is 24.7 Å². The molecule has 144 valence electrons. The lowest BCUT2D eigenvalue weighted by molar-refractivity contribution is 0.0741. The molecule has 3 heterocycles. The summed E-state index contributed by atoms with van der Waals surface area (Å²) in [6.07, 6.45) is 3.32. The smallest absolute Gasteiger partial charge is 0.272 e. The molecule has 1 aliphatic heterocycles. The average molecular weight is 397 g/mol. The number of piperazine rings is 1. The molecule has 1 N–H and O–H groups in total. The van der Waals surface area contributed by atoms with Crippen molar-refractivity contribution in [2.45, 2.75) is 6.54 Å². The summed E-state index contributed by atoms with van der Waals surface area (Å²) in [6, 6.07) is 15.2. The Morgan fingerprint density at radius 1 is 1.11 bits per heavy atom. The van der Waals surface area contributed by atoms with Crippen molar-refractivity contribution < 1.29 is 9.21 Å². The molecule has 0 atom stereocenters. The fraction of sp³-hybridized carbons (Fsp3) is 0.238. The van der Waals surface area contributed by atoms with E-state index in [-0.39, 0.29) is 5.91 Å². The number of carbonyl (C=O) groups is 1. The maximum Gasteiger partial charge on any atom is 0.272 e. The summed E-state index contributed by atoms with van der Waals surface area (Å²) in [5.74, 6) is 0.807. The van der Waals surface area contributed by atoms with Gasteiger partial charge in [0.2, 0.25) is 0 Å². The van der Waals surface area contributed by atoms with Gasteiger partial charge in [0, 0.05) is 36.9 Å². The third-order valence-electron chi connectivity index (χ3n) is 4.77. The van der Waals surface area contributed by atoms with Crippen LogP contribution < -0.4 is 10.2 Å². The summed E-state index contributed by atoms with van der Waals surface area (Å²) >= 11 is 6.08. The van der Waals surface area contributed by atoms with E-state index in [2.05, 4.69) is 15.2 Å². The Morgan fingerprint density at radius 2 is 1.96 bits per heavy atom. The highest BCUT2D eigenvalue weighted by Gasteiger charge is 2.23. The van der Waals surface area contributed by atoms with Gasteiger partial charge in [-0.25, -0.2) is 4.98 Å². The molecule has 0 saturated carbocycles. The van der Waals surface area contributed by atoms with Crippen molar-refractivity contribution >= 4 is 28.9 Å². The molecule has 0 spiro atoms. The zero-order chi connectivity index (χ0) is 19.3. The SMILES string of the molecule is O=C(c1ccc(NCc2ccco2)cn1)N1CCN(c2cccc(Cl)c2)CC1. The lowest BCUT2D eigenvalue weighted by Crippen LogP contribution is -2.49. The van der Waals surface area contributed by atoms with Gasteiger partial charge in [-0.1, -0.05) is 17.7 Å². The number of aromatic nitrogens is 1. The summed E-state index contributed by atoms with van der Waals surface area (Å²) in [4.78, 5) is 21.2. The van der Waals surface area contributed by atoms with Gasteiger partial charge in [-0.3, -0.25) is 4.79 Å². The van der Waals surface area contributed by atoms with E-state index in [4.69, 9.17) is 16.0 Å². The van der Waals surface area contributed by atoms with E-state index in [1.165, 1.54) is 0 Å². The molecule has 2 aromatic heterocycles. The van der Waals surface area contributed by atoms with Gasteiger partial charge < -0.3 is 19.5 Å². The second-order valence-corrected chi connectivity index (χ2v) is 7.06. The van der Waals surface area contributed by atoms with Crippen LogP contribution in [-0.2, 0) is 6.54 Å². The number of anilines is 2. The molecule has 0 bridgehead atoms. The predicted molar refractivity (Wildman–Crippen MR) is 110 cm³/mol. The molecule has 1 fully saturated rings. The van der Waals surface area contributed by atoms with Crippen molar-refractivity contribution in [3.8, 4) is 0 Å². The Hall–Kier alpha value is -2.99. The number of pyridine rings is 1. The highest BCUT2D eigenvalue weighted by Crippen LogP contribution is 2.21. The van der Waals surface area contributed by atoms with Gasteiger partial charge in [0.15, 0.2) is 0 Å². The molecule has 7 heteroatoms. The maximum atomic E-state index is 12.7. The van der Waals surface area contributed by atoms with Gasteiger partial charge in [-0.15, -0.1) is 0 Å². The van der Waals surface area contributed by atoms with E-state index in [1.54, 1.807) is 18.5 Å². The predicted octanol–water partition coefficient (Wildman–Crippen LogP) is 3.90. The molecule has 1 amide bonds. The minimum Gasteiger partial charge on any atom is -0.467 e. The van der Waals surface area contributed by atoms with Crippen molar-refractivity contribution in [2.75, 3.05) is 36.4 Å². The molecular formula is C21H21ClN4O2. The third kappa shape index (κ3) is 4.28. The molecule has 3 aromatic rings. The Labute approximate surface area is 168 Å². The third-order valence-corrected chi connectivity index (χ3v) is 5.00. The number of benzene rings is 1. The number of nitrogens with zero attached hydrogens (tertiary/aromatic N) is 3. The monoisotopic (exact) mass is 396 g/mol. The van der Waals surface area contributed by atoms with E-state index >= 15 is 0 Å². The lowest BCUT2D eigenvalue weighted by atomic mass is 10.2. The minimum absolute atomic E-state index is 0.0386. The second kappa shape index (κ2) is 8.35. The standard InChI is InChI=1S/C21H21ClN4O2/c22-16-3-1-4-18(13-16)25-8-10-26(11-9-25)21(27)20-7-6-17(14-24-20)23-15-19-5-2-12-28-19/h1-7,12-14,23H,8-11,15H2. The summed E-state index contributed by atoms with van der Waals surface area (Å²) in [5.41, 5.74) is 2.39. The number of halogens is 1. The Balaban J connectivity index is 1.32. The van der Waals surface area contributed by atoms with Crippen LogP contribution in [-0.4, -0.2) is 42.0 Å². The van der Waals surface area contributed by atoms with Gasteiger partial charge in [-0.05, 0) is 42.5 Å². The molecule has 0 aliphatic carbocycles. The fourth-order valence-corrected chi connectivity index (χ4v) is 3.41.